The van der Waals surface area contributed by atoms with Gasteiger partial charge in [-0.25, -0.2) is 0 Å². The van der Waals surface area contributed by atoms with Crippen molar-refractivity contribution in [1.82, 2.24) is 9.47 Å². The Hall–Kier alpha value is -4.35. The summed E-state index contributed by atoms with van der Waals surface area (Å²) in [5, 5.41) is 1.17. The highest BCUT2D eigenvalue weighted by Crippen LogP contribution is 2.37. The number of morpholine rings is 1. The van der Waals surface area contributed by atoms with E-state index in [0.717, 1.165) is 29.0 Å². The van der Waals surface area contributed by atoms with Crippen LogP contribution in [0.5, 0.6) is 5.75 Å². The Morgan fingerprint density at radius 1 is 0.833 bits per heavy atom. The minimum atomic E-state index is -0.131. The van der Waals surface area contributed by atoms with Crippen molar-refractivity contribution in [3.05, 3.63) is 138 Å². The highest BCUT2D eigenvalue weighted by atomic mass is 16.5. The maximum atomic E-state index is 13.9. The molecule has 0 radical (unpaired) electrons. The zero-order valence-corrected chi connectivity index (χ0v) is 24.4. The second-order valence-corrected chi connectivity index (χ2v) is 11.4. The number of benzene rings is 4. The molecule has 4 aromatic carbocycles. The summed E-state index contributed by atoms with van der Waals surface area (Å²) in [6.45, 7) is 6.57. The van der Waals surface area contributed by atoms with E-state index >= 15 is 0 Å². The fourth-order valence-electron chi connectivity index (χ4n) is 6.12. The highest BCUT2D eigenvalue weighted by Gasteiger charge is 2.30. The first kappa shape index (κ1) is 27.8. The summed E-state index contributed by atoms with van der Waals surface area (Å²) < 4.78 is 14.5. The van der Waals surface area contributed by atoms with E-state index in [1.165, 1.54) is 16.5 Å². The van der Waals surface area contributed by atoms with Crippen LogP contribution >= 0.6 is 0 Å². The molecule has 1 aliphatic rings. The van der Waals surface area contributed by atoms with Crippen LogP contribution in [0.1, 0.15) is 48.4 Å². The summed E-state index contributed by atoms with van der Waals surface area (Å²) in [4.78, 5) is 15.9. The number of ether oxygens (including phenoxy) is 2. The molecule has 1 aromatic heterocycles. The lowest BCUT2D eigenvalue weighted by Gasteiger charge is -2.36. The molecule has 0 N–H and O–H groups in total. The third-order valence-corrected chi connectivity index (χ3v) is 8.05. The van der Waals surface area contributed by atoms with Crippen LogP contribution in [0, 0.1) is 0 Å². The lowest BCUT2D eigenvalue weighted by atomic mass is 9.87. The van der Waals surface area contributed by atoms with Gasteiger partial charge in [0.05, 0.1) is 12.2 Å². The molecule has 1 aliphatic heterocycles. The fraction of sp³-hybridized carbons (Fsp3) is 0.270. The maximum Gasteiger partial charge on any atom is 0.223 e. The molecule has 0 spiro atoms. The largest absolute Gasteiger partial charge is 0.489 e. The molecular weight excluding hydrogens is 520 g/mol. The summed E-state index contributed by atoms with van der Waals surface area (Å²) >= 11 is 0. The molecule has 42 heavy (non-hydrogen) atoms. The van der Waals surface area contributed by atoms with Crippen molar-refractivity contribution in [1.29, 1.82) is 0 Å². The number of fused-ring (bicyclic) bond motifs is 1. The molecular formula is C37H38N2O3. The molecule has 0 saturated carbocycles. The van der Waals surface area contributed by atoms with E-state index in [-0.39, 0.29) is 24.0 Å². The van der Waals surface area contributed by atoms with E-state index in [9.17, 15) is 4.79 Å². The zero-order chi connectivity index (χ0) is 28.9. The molecule has 3 atom stereocenters. The van der Waals surface area contributed by atoms with Gasteiger partial charge in [0.1, 0.15) is 12.4 Å². The minimum Gasteiger partial charge on any atom is -0.489 e. The lowest BCUT2D eigenvalue weighted by Crippen LogP contribution is -2.48. The number of hydrogen-bond acceptors (Lipinski definition) is 3. The SMILES string of the molecule is CC1CN(C(=O)CC(c2cccc(OCc3ccccc3)c2)c2cn(Cc3ccccc3)c3ccccc23)CC(C)O1. The molecule has 0 bridgehead atoms. The van der Waals surface area contributed by atoms with Crippen LogP contribution in [0.15, 0.2) is 115 Å². The van der Waals surface area contributed by atoms with Crippen LogP contribution in [-0.2, 0) is 22.7 Å². The van der Waals surface area contributed by atoms with Crippen LogP contribution in [0.3, 0.4) is 0 Å². The summed E-state index contributed by atoms with van der Waals surface area (Å²) in [6, 6.07) is 37.5. The van der Waals surface area contributed by atoms with E-state index in [1.54, 1.807) is 0 Å². The van der Waals surface area contributed by atoms with Crippen LogP contribution in [0.4, 0.5) is 0 Å². The molecule has 3 unspecified atom stereocenters. The Labute approximate surface area is 248 Å². The Kier molecular flexibility index (Phi) is 8.38. The van der Waals surface area contributed by atoms with Gasteiger partial charge in [-0.2, -0.15) is 0 Å². The zero-order valence-electron chi connectivity index (χ0n) is 24.4. The quantitative estimate of drug-likeness (QED) is 0.189. The first-order valence-corrected chi connectivity index (χ1v) is 14.8. The van der Waals surface area contributed by atoms with Crippen LogP contribution < -0.4 is 4.74 Å². The van der Waals surface area contributed by atoms with Crippen LogP contribution in [0.25, 0.3) is 10.9 Å². The molecule has 1 fully saturated rings. The van der Waals surface area contributed by atoms with Gasteiger partial charge in [-0.05, 0) is 54.3 Å². The van der Waals surface area contributed by atoms with E-state index < -0.39 is 0 Å². The van der Waals surface area contributed by atoms with E-state index in [1.807, 2.05) is 55.1 Å². The van der Waals surface area contributed by atoms with Crippen LogP contribution in [0.2, 0.25) is 0 Å². The monoisotopic (exact) mass is 558 g/mol. The van der Waals surface area contributed by atoms with Crippen molar-refractivity contribution >= 4 is 16.8 Å². The molecule has 1 saturated heterocycles. The van der Waals surface area contributed by atoms with E-state index in [0.29, 0.717) is 26.1 Å². The number of carbonyl (C=O) groups excluding carboxylic acids is 1. The van der Waals surface area contributed by atoms with Crippen molar-refractivity contribution in [3.8, 4) is 5.75 Å². The van der Waals surface area contributed by atoms with Gasteiger partial charge in [0, 0.05) is 49.1 Å². The average molecular weight is 559 g/mol. The summed E-state index contributed by atoms with van der Waals surface area (Å²) in [5.74, 6) is 0.820. The van der Waals surface area contributed by atoms with Gasteiger partial charge in [0.15, 0.2) is 0 Å². The van der Waals surface area contributed by atoms with Gasteiger partial charge < -0.3 is 18.9 Å². The summed E-state index contributed by atoms with van der Waals surface area (Å²) in [6.07, 6.45) is 2.68. The predicted molar refractivity (Wildman–Crippen MR) is 168 cm³/mol. The van der Waals surface area contributed by atoms with Gasteiger partial charge in [0.2, 0.25) is 5.91 Å². The molecule has 2 heterocycles. The smallest absolute Gasteiger partial charge is 0.223 e. The predicted octanol–water partition coefficient (Wildman–Crippen LogP) is 7.43. The number of rotatable bonds is 9. The Morgan fingerprint density at radius 3 is 2.24 bits per heavy atom. The lowest BCUT2D eigenvalue weighted by molar-refractivity contribution is -0.143. The van der Waals surface area contributed by atoms with Crippen molar-refractivity contribution in [2.75, 3.05) is 13.1 Å². The molecule has 1 amide bonds. The third-order valence-electron chi connectivity index (χ3n) is 8.05. The minimum absolute atomic E-state index is 0.0265. The standard InChI is InChI=1S/C37H38N2O3/c1-27-22-39(23-28(2)42-27)37(40)21-34(31-16-11-17-32(20-31)41-26-30-14-7-4-8-15-30)35-25-38(24-29-12-5-3-6-13-29)36-19-10-9-18-33(35)36/h3-20,25,27-28,34H,21-24,26H2,1-2H3. The Bertz CT molecular complexity index is 1620. The van der Waals surface area contributed by atoms with Crippen molar-refractivity contribution in [2.45, 2.75) is 51.5 Å². The maximum absolute atomic E-state index is 13.9. The van der Waals surface area contributed by atoms with Crippen molar-refractivity contribution < 1.29 is 14.3 Å². The number of aromatic nitrogens is 1. The molecule has 0 aliphatic carbocycles. The van der Waals surface area contributed by atoms with Gasteiger partial charge in [-0.1, -0.05) is 91.0 Å². The molecule has 214 valence electrons. The Morgan fingerprint density at radius 2 is 1.50 bits per heavy atom. The first-order chi connectivity index (χ1) is 20.5. The van der Waals surface area contributed by atoms with Gasteiger partial charge in [-0.3, -0.25) is 4.79 Å². The molecule has 5 aromatic rings. The summed E-state index contributed by atoms with van der Waals surface area (Å²) in [7, 11) is 0. The highest BCUT2D eigenvalue weighted by molar-refractivity contribution is 5.87. The number of amides is 1. The average Bonchev–Trinajstić information content (AvgIpc) is 3.37. The third kappa shape index (κ3) is 6.42. The topological polar surface area (TPSA) is 43.7 Å². The van der Waals surface area contributed by atoms with Gasteiger partial charge in [-0.15, -0.1) is 0 Å². The molecule has 5 heteroatoms. The van der Waals surface area contributed by atoms with E-state index in [2.05, 4.69) is 83.6 Å². The van der Waals surface area contributed by atoms with Gasteiger partial charge >= 0.3 is 0 Å². The molecule has 5 nitrogen and oxygen atoms in total. The Balaban J connectivity index is 1.37. The summed E-state index contributed by atoms with van der Waals surface area (Å²) in [5.41, 5.74) is 5.76. The van der Waals surface area contributed by atoms with Crippen molar-refractivity contribution in [2.24, 2.45) is 0 Å². The van der Waals surface area contributed by atoms with Crippen LogP contribution in [-0.4, -0.2) is 40.7 Å². The van der Waals surface area contributed by atoms with E-state index in [4.69, 9.17) is 9.47 Å². The fourth-order valence-corrected chi connectivity index (χ4v) is 6.12. The normalized spacial score (nSPS) is 17.7. The number of hydrogen-bond donors (Lipinski definition) is 0. The number of para-hydroxylation sites is 1. The second kappa shape index (κ2) is 12.7. The van der Waals surface area contributed by atoms with Crippen molar-refractivity contribution in [3.63, 3.8) is 0 Å². The van der Waals surface area contributed by atoms with Gasteiger partial charge in [0.25, 0.3) is 0 Å². The second-order valence-electron chi connectivity index (χ2n) is 11.4. The number of carbonyl (C=O) groups is 1. The number of nitrogens with zero attached hydrogens (tertiary/aromatic N) is 2. The first-order valence-electron chi connectivity index (χ1n) is 14.8. The molecule has 6 rings (SSSR count).